The standard InChI is InChI=1S/C13H13NO6S/c1-9-2-4-10(5-3-9)21(18,19)11-6-12(16)14(13(11)17)7-20-8-15/h2-5,8,11H,6-7H2,1H3. The molecule has 1 aromatic rings. The van der Waals surface area contributed by atoms with E-state index in [1.165, 1.54) is 12.1 Å². The summed E-state index contributed by atoms with van der Waals surface area (Å²) in [5, 5.41) is -1.47. The molecule has 1 saturated heterocycles. The van der Waals surface area contributed by atoms with E-state index in [0.29, 0.717) is 4.90 Å². The topological polar surface area (TPSA) is 97.8 Å². The molecule has 112 valence electrons. The Labute approximate surface area is 121 Å². The number of hydrogen-bond donors (Lipinski definition) is 0. The molecule has 0 radical (unpaired) electrons. The Kier molecular flexibility index (Phi) is 4.08. The monoisotopic (exact) mass is 311 g/mol. The van der Waals surface area contributed by atoms with Gasteiger partial charge in [0, 0.05) is 0 Å². The van der Waals surface area contributed by atoms with Gasteiger partial charge in [-0.15, -0.1) is 0 Å². The van der Waals surface area contributed by atoms with E-state index in [9.17, 15) is 22.8 Å². The van der Waals surface area contributed by atoms with E-state index in [1.54, 1.807) is 19.1 Å². The second kappa shape index (κ2) is 5.65. The number of likely N-dealkylation sites (tertiary alicyclic amines) is 1. The maximum absolute atomic E-state index is 12.4. The molecule has 1 aliphatic heterocycles. The molecule has 8 heteroatoms. The highest BCUT2D eigenvalue weighted by Gasteiger charge is 2.47. The predicted octanol–water partition coefficient (Wildman–Crippen LogP) is 0.0267. The second-order valence-corrected chi connectivity index (χ2v) is 6.73. The van der Waals surface area contributed by atoms with Gasteiger partial charge in [0.05, 0.1) is 11.3 Å². The van der Waals surface area contributed by atoms with E-state index in [2.05, 4.69) is 4.74 Å². The van der Waals surface area contributed by atoms with Gasteiger partial charge in [-0.2, -0.15) is 0 Å². The third kappa shape index (κ3) is 2.80. The third-order valence-corrected chi connectivity index (χ3v) is 5.24. The zero-order chi connectivity index (χ0) is 15.6. The largest absolute Gasteiger partial charge is 0.446 e. The van der Waals surface area contributed by atoms with Crippen molar-refractivity contribution >= 4 is 28.1 Å². The van der Waals surface area contributed by atoms with Crippen LogP contribution >= 0.6 is 0 Å². The molecular formula is C13H13NO6S. The SMILES string of the molecule is Cc1ccc(S(=O)(=O)C2CC(=O)N(COC=O)C2=O)cc1. The maximum Gasteiger partial charge on any atom is 0.294 e. The summed E-state index contributed by atoms with van der Waals surface area (Å²) in [6.45, 7) is 1.32. The number of carbonyl (C=O) groups excluding carboxylic acids is 3. The lowest BCUT2D eigenvalue weighted by Crippen LogP contribution is -2.36. The van der Waals surface area contributed by atoms with Crippen LogP contribution in [0, 0.1) is 6.92 Å². The van der Waals surface area contributed by atoms with Crippen molar-refractivity contribution in [1.29, 1.82) is 0 Å². The van der Waals surface area contributed by atoms with Gasteiger partial charge in [-0.05, 0) is 19.1 Å². The van der Waals surface area contributed by atoms with Gasteiger partial charge >= 0.3 is 0 Å². The number of hydrogen-bond acceptors (Lipinski definition) is 6. The first-order valence-corrected chi connectivity index (χ1v) is 7.62. The summed E-state index contributed by atoms with van der Waals surface area (Å²) in [7, 11) is -3.95. The number of nitrogens with zero attached hydrogens (tertiary/aromatic N) is 1. The zero-order valence-electron chi connectivity index (χ0n) is 11.2. The van der Waals surface area contributed by atoms with Gasteiger partial charge in [-0.25, -0.2) is 13.3 Å². The van der Waals surface area contributed by atoms with Crippen LogP contribution in [-0.2, 0) is 29.0 Å². The van der Waals surface area contributed by atoms with Crippen molar-refractivity contribution in [2.24, 2.45) is 0 Å². The molecule has 2 rings (SSSR count). The fraction of sp³-hybridized carbons (Fsp3) is 0.308. The molecule has 1 atom stereocenters. The van der Waals surface area contributed by atoms with E-state index in [1.807, 2.05) is 0 Å². The van der Waals surface area contributed by atoms with Crippen molar-refractivity contribution in [3.8, 4) is 0 Å². The van der Waals surface area contributed by atoms with Gasteiger partial charge in [0.1, 0.15) is 0 Å². The first kappa shape index (κ1) is 15.2. The minimum Gasteiger partial charge on any atom is -0.446 e. The lowest BCUT2D eigenvalue weighted by Gasteiger charge is -2.13. The van der Waals surface area contributed by atoms with Crippen LogP contribution in [0.4, 0.5) is 0 Å². The lowest BCUT2D eigenvalue weighted by molar-refractivity contribution is -0.148. The van der Waals surface area contributed by atoms with E-state index in [0.717, 1.165) is 5.56 Å². The number of aryl methyl sites for hydroxylation is 1. The first-order valence-electron chi connectivity index (χ1n) is 6.08. The second-order valence-electron chi connectivity index (χ2n) is 4.60. The molecule has 1 heterocycles. The van der Waals surface area contributed by atoms with Crippen molar-refractivity contribution < 1.29 is 27.5 Å². The quantitative estimate of drug-likeness (QED) is 0.562. The summed E-state index contributed by atoms with van der Waals surface area (Å²) in [6, 6.07) is 6.02. The summed E-state index contributed by atoms with van der Waals surface area (Å²) in [4.78, 5) is 34.4. The van der Waals surface area contributed by atoms with E-state index in [-0.39, 0.29) is 11.4 Å². The first-order chi connectivity index (χ1) is 9.87. The fourth-order valence-electron chi connectivity index (χ4n) is 2.03. The molecule has 0 spiro atoms. The van der Waals surface area contributed by atoms with Gasteiger partial charge in [0.25, 0.3) is 12.4 Å². The van der Waals surface area contributed by atoms with Crippen molar-refractivity contribution in [3.63, 3.8) is 0 Å². The number of rotatable bonds is 5. The molecule has 1 aromatic carbocycles. The van der Waals surface area contributed by atoms with Crippen LogP contribution in [0.2, 0.25) is 0 Å². The van der Waals surface area contributed by atoms with E-state index in [4.69, 9.17) is 0 Å². The highest BCUT2D eigenvalue weighted by molar-refractivity contribution is 7.92. The van der Waals surface area contributed by atoms with E-state index < -0.39 is 40.1 Å². The van der Waals surface area contributed by atoms with Crippen LogP contribution in [0.3, 0.4) is 0 Å². The van der Waals surface area contributed by atoms with Crippen molar-refractivity contribution in [2.45, 2.75) is 23.5 Å². The summed E-state index contributed by atoms with van der Waals surface area (Å²) < 4.78 is 29.2. The Morgan fingerprint density at radius 1 is 1.29 bits per heavy atom. The zero-order valence-corrected chi connectivity index (χ0v) is 12.0. The molecular weight excluding hydrogens is 298 g/mol. The Bertz CT molecular complexity index is 679. The number of carbonyl (C=O) groups is 3. The molecule has 0 aliphatic carbocycles. The van der Waals surface area contributed by atoms with Crippen LogP contribution in [0.5, 0.6) is 0 Å². The lowest BCUT2D eigenvalue weighted by atomic mass is 10.2. The minimum atomic E-state index is -3.95. The predicted molar refractivity (Wildman–Crippen MR) is 70.6 cm³/mol. The highest BCUT2D eigenvalue weighted by atomic mass is 32.2. The molecule has 0 bridgehead atoms. The van der Waals surface area contributed by atoms with Gasteiger partial charge in [-0.1, -0.05) is 17.7 Å². The summed E-state index contributed by atoms with van der Waals surface area (Å²) in [5.74, 6) is -1.55. The molecule has 0 saturated carbocycles. The number of amides is 2. The van der Waals surface area contributed by atoms with Crippen molar-refractivity contribution in [1.82, 2.24) is 4.90 Å². The number of benzene rings is 1. The molecule has 2 amide bonds. The smallest absolute Gasteiger partial charge is 0.294 e. The molecule has 1 aliphatic rings. The van der Waals surface area contributed by atoms with Gasteiger partial charge < -0.3 is 4.74 Å². The number of sulfone groups is 1. The van der Waals surface area contributed by atoms with Crippen LogP contribution in [0.25, 0.3) is 0 Å². The average Bonchev–Trinajstić information content (AvgIpc) is 2.73. The Hall–Kier alpha value is -2.22. The Balaban J connectivity index is 2.29. The molecule has 0 aromatic heterocycles. The molecule has 1 unspecified atom stereocenters. The summed E-state index contributed by atoms with van der Waals surface area (Å²) in [5.41, 5.74) is 0.879. The maximum atomic E-state index is 12.4. The summed E-state index contributed by atoms with van der Waals surface area (Å²) in [6.07, 6.45) is -0.447. The molecule has 7 nitrogen and oxygen atoms in total. The van der Waals surface area contributed by atoms with Gasteiger partial charge in [0.15, 0.2) is 21.8 Å². The van der Waals surface area contributed by atoms with Crippen LogP contribution < -0.4 is 0 Å². The molecule has 1 fully saturated rings. The Morgan fingerprint density at radius 3 is 2.48 bits per heavy atom. The fourth-order valence-corrected chi connectivity index (χ4v) is 3.63. The van der Waals surface area contributed by atoms with E-state index >= 15 is 0 Å². The number of ether oxygens (including phenoxy) is 1. The van der Waals surface area contributed by atoms with Crippen LogP contribution in [0.1, 0.15) is 12.0 Å². The molecule has 21 heavy (non-hydrogen) atoms. The third-order valence-electron chi connectivity index (χ3n) is 3.20. The highest BCUT2D eigenvalue weighted by Crippen LogP contribution is 2.26. The van der Waals surface area contributed by atoms with Gasteiger partial charge in [-0.3, -0.25) is 14.4 Å². The Morgan fingerprint density at radius 2 is 1.90 bits per heavy atom. The van der Waals surface area contributed by atoms with Gasteiger partial charge in [0.2, 0.25) is 5.91 Å². The normalized spacial score (nSPS) is 18.9. The summed E-state index contributed by atoms with van der Waals surface area (Å²) >= 11 is 0. The van der Waals surface area contributed by atoms with Crippen LogP contribution in [-0.4, -0.2) is 43.6 Å². The average molecular weight is 311 g/mol. The minimum absolute atomic E-state index is 0.0163. The van der Waals surface area contributed by atoms with Crippen LogP contribution in [0.15, 0.2) is 29.2 Å². The van der Waals surface area contributed by atoms with Crippen molar-refractivity contribution in [3.05, 3.63) is 29.8 Å². The van der Waals surface area contributed by atoms with Crippen molar-refractivity contribution in [2.75, 3.05) is 6.73 Å². The molecule has 0 N–H and O–H groups in total. The number of imide groups is 1.